The van der Waals surface area contributed by atoms with E-state index in [2.05, 4.69) is 17.4 Å². The van der Waals surface area contributed by atoms with Gasteiger partial charge in [-0.25, -0.2) is 0 Å². The summed E-state index contributed by atoms with van der Waals surface area (Å²) in [5.74, 6) is 0.585. The van der Waals surface area contributed by atoms with Gasteiger partial charge in [0.25, 0.3) is 0 Å². The summed E-state index contributed by atoms with van der Waals surface area (Å²) in [5.41, 5.74) is 5.22. The van der Waals surface area contributed by atoms with Crippen LogP contribution in [-0.2, 0) is 11.2 Å². The second-order valence-electron chi connectivity index (χ2n) is 5.75. The van der Waals surface area contributed by atoms with Crippen LogP contribution in [0.1, 0.15) is 28.2 Å². The Kier molecular flexibility index (Phi) is 3.83. The Hall–Kier alpha value is -2.00. The number of methoxy groups -OCH3 is 1. The minimum atomic E-state index is -0.207. The molecule has 3 rings (SSSR count). The Balaban J connectivity index is 2.01. The molecule has 1 unspecified atom stereocenters. The molecular weight excluding hydrogens is 298 g/mol. The maximum atomic E-state index is 12.4. The lowest BCUT2D eigenvalue weighted by molar-refractivity contribution is -0.117. The lowest BCUT2D eigenvalue weighted by atomic mass is 9.91. The zero-order valence-electron chi connectivity index (χ0n) is 12.9. The zero-order chi connectivity index (χ0) is 15.9. The Labute approximate surface area is 135 Å². The van der Waals surface area contributed by atoms with Crippen molar-refractivity contribution >= 4 is 23.2 Å². The Morgan fingerprint density at radius 1 is 1.23 bits per heavy atom. The van der Waals surface area contributed by atoms with Crippen molar-refractivity contribution in [2.24, 2.45) is 0 Å². The number of amides is 1. The van der Waals surface area contributed by atoms with Gasteiger partial charge in [0.2, 0.25) is 5.91 Å². The first-order valence-electron chi connectivity index (χ1n) is 7.24. The first-order chi connectivity index (χ1) is 10.5. The number of benzene rings is 2. The monoisotopic (exact) mass is 315 g/mol. The van der Waals surface area contributed by atoms with Crippen LogP contribution < -0.4 is 10.1 Å². The Morgan fingerprint density at radius 3 is 2.73 bits per heavy atom. The van der Waals surface area contributed by atoms with E-state index in [0.29, 0.717) is 11.4 Å². The van der Waals surface area contributed by atoms with Crippen molar-refractivity contribution in [2.75, 3.05) is 12.4 Å². The van der Waals surface area contributed by atoms with Gasteiger partial charge < -0.3 is 10.1 Å². The maximum Gasteiger partial charge on any atom is 0.232 e. The molecule has 1 atom stereocenters. The molecule has 0 aliphatic carbocycles. The summed E-state index contributed by atoms with van der Waals surface area (Å²) in [6.45, 7) is 4.07. The lowest BCUT2D eigenvalue weighted by Crippen LogP contribution is -2.14. The second-order valence-corrected chi connectivity index (χ2v) is 6.18. The molecule has 22 heavy (non-hydrogen) atoms. The Bertz CT molecular complexity index is 755. The van der Waals surface area contributed by atoms with E-state index in [1.54, 1.807) is 13.2 Å². The van der Waals surface area contributed by atoms with E-state index in [4.69, 9.17) is 16.3 Å². The van der Waals surface area contributed by atoms with E-state index >= 15 is 0 Å². The van der Waals surface area contributed by atoms with E-state index in [1.165, 1.54) is 0 Å². The van der Waals surface area contributed by atoms with Gasteiger partial charge in [0, 0.05) is 10.7 Å². The largest absolute Gasteiger partial charge is 0.496 e. The topological polar surface area (TPSA) is 38.3 Å². The Morgan fingerprint density at radius 2 is 2.00 bits per heavy atom. The van der Waals surface area contributed by atoms with Crippen LogP contribution in [0.4, 0.5) is 5.69 Å². The predicted octanol–water partition coefficient (Wildman–Crippen LogP) is 4.24. The van der Waals surface area contributed by atoms with Gasteiger partial charge in [-0.2, -0.15) is 0 Å². The highest BCUT2D eigenvalue weighted by Gasteiger charge is 2.32. The van der Waals surface area contributed by atoms with Crippen LogP contribution in [0.15, 0.2) is 30.3 Å². The van der Waals surface area contributed by atoms with E-state index < -0.39 is 0 Å². The van der Waals surface area contributed by atoms with Crippen LogP contribution in [0, 0.1) is 13.8 Å². The van der Waals surface area contributed by atoms with Crippen LogP contribution in [0.5, 0.6) is 5.75 Å². The van der Waals surface area contributed by atoms with E-state index in [1.807, 2.05) is 26.0 Å². The summed E-state index contributed by atoms with van der Waals surface area (Å²) in [5, 5.41) is 3.65. The molecule has 1 heterocycles. The summed E-state index contributed by atoms with van der Waals surface area (Å²) in [6, 6.07) is 9.67. The van der Waals surface area contributed by atoms with Gasteiger partial charge in [-0.3, -0.25) is 4.79 Å². The molecule has 1 N–H and O–H groups in total. The number of anilines is 1. The molecule has 2 aromatic rings. The highest BCUT2D eigenvalue weighted by atomic mass is 35.5. The number of fused-ring (bicyclic) bond motifs is 1. The average molecular weight is 316 g/mol. The van der Waals surface area contributed by atoms with Crippen LogP contribution in [0.25, 0.3) is 0 Å². The summed E-state index contributed by atoms with van der Waals surface area (Å²) < 4.78 is 5.39. The number of rotatable bonds is 3. The van der Waals surface area contributed by atoms with Gasteiger partial charge in [0.1, 0.15) is 5.75 Å². The standard InChI is InChI=1S/C18H18ClNO2/c1-10-6-11(2)17-14(7-10)15(18(21)20-17)9-12-8-13(19)4-5-16(12)22-3/h4-8,15H,9H2,1-3H3,(H,20,21). The van der Waals surface area contributed by atoms with Crippen molar-refractivity contribution < 1.29 is 9.53 Å². The summed E-state index contributed by atoms with van der Waals surface area (Å²) in [6.07, 6.45) is 0.575. The van der Waals surface area contributed by atoms with Crippen LogP contribution >= 0.6 is 11.6 Å². The third-order valence-corrected chi connectivity index (χ3v) is 4.35. The second kappa shape index (κ2) is 5.65. The molecule has 4 heteroatoms. The molecule has 0 saturated heterocycles. The van der Waals surface area contributed by atoms with E-state index in [-0.39, 0.29) is 11.8 Å². The van der Waals surface area contributed by atoms with Gasteiger partial charge >= 0.3 is 0 Å². The van der Waals surface area contributed by atoms with Crippen LogP contribution in [0.2, 0.25) is 5.02 Å². The third kappa shape index (κ3) is 2.57. The fraction of sp³-hybridized carbons (Fsp3) is 0.278. The van der Waals surface area contributed by atoms with Crippen molar-refractivity contribution in [3.05, 3.63) is 57.6 Å². The van der Waals surface area contributed by atoms with Crippen LogP contribution in [0.3, 0.4) is 0 Å². The summed E-state index contributed by atoms with van der Waals surface area (Å²) in [4.78, 5) is 12.4. The SMILES string of the molecule is COc1ccc(Cl)cc1CC1C(=O)Nc2c(C)cc(C)cc21. The molecule has 0 radical (unpaired) electrons. The smallest absolute Gasteiger partial charge is 0.232 e. The van der Waals surface area contributed by atoms with Gasteiger partial charge in [0.15, 0.2) is 0 Å². The third-order valence-electron chi connectivity index (χ3n) is 4.12. The van der Waals surface area contributed by atoms with E-state index in [9.17, 15) is 4.79 Å². The van der Waals surface area contributed by atoms with Crippen molar-refractivity contribution in [2.45, 2.75) is 26.2 Å². The first-order valence-corrected chi connectivity index (χ1v) is 7.62. The molecule has 114 valence electrons. The van der Waals surface area contributed by atoms with Gasteiger partial charge in [-0.1, -0.05) is 29.3 Å². The van der Waals surface area contributed by atoms with E-state index in [0.717, 1.165) is 33.7 Å². The van der Waals surface area contributed by atoms with Crippen LogP contribution in [-0.4, -0.2) is 13.0 Å². The number of carbonyl (C=O) groups is 1. The maximum absolute atomic E-state index is 12.4. The van der Waals surface area contributed by atoms with Gasteiger partial charge in [-0.15, -0.1) is 0 Å². The summed E-state index contributed by atoms with van der Waals surface area (Å²) in [7, 11) is 1.63. The minimum Gasteiger partial charge on any atom is -0.496 e. The quantitative estimate of drug-likeness (QED) is 0.919. The number of hydrogen-bond acceptors (Lipinski definition) is 2. The molecule has 2 aromatic carbocycles. The molecule has 0 spiro atoms. The van der Waals surface area contributed by atoms with Crippen molar-refractivity contribution in [3.63, 3.8) is 0 Å². The number of aryl methyl sites for hydroxylation is 2. The fourth-order valence-corrected chi connectivity index (χ4v) is 3.32. The number of halogens is 1. The molecule has 0 bridgehead atoms. The van der Waals surface area contributed by atoms with Crippen molar-refractivity contribution in [1.29, 1.82) is 0 Å². The fourth-order valence-electron chi connectivity index (χ4n) is 3.13. The highest BCUT2D eigenvalue weighted by Crippen LogP contribution is 2.39. The first kappa shape index (κ1) is 14.9. The predicted molar refractivity (Wildman–Crippen MR) is 89.0 cm³/mol. The molecule has 1 aliphatic heterocycles. The number of carbonyl (C=O) groups excluding carboxylic acids is 1. The number of hydrogen-bond donors (Lipinski definition) is 1. The minimum absolute atomic E-state index is 0.0331. The molecule has 0 aromatic heterocycles. The van der Waals surface area contributed by atoms with Gasteiger partial charge in [0.05, 0.1) is 13.0 Å². The van der Waals surface area contributed by atoms with Crippen molar-refractivity contribution in [3.8, 4) is 5.75 Å². The van der Waals surface area contributed by atoms with Crippen molar-refractivity contribution in [1.82, 2.24) is 0 Å². The molecule has 0 fully saturated rings. The molecular formula is C18H18ClNO2. The molecule has 1 amide bonds. The number of ether oxygens (including phenoxy) is 1. The lowest BCUT2D eigenvalue weighted by Gasteiger charge is -2.13. The summed E-state index contributed by atoms with van der Waals surface area (Å²) >= 11 is 6.09. The van der Waals surface area contributed by atoms with Gasteiger partial charge in [-0.05, 0) is 55.2 Å². The zero-order valence-corrected chi connectivity index (χ0v) is 13.6. The molecule has 1 aliphatic rings. The normalized spacial score (nSPS) is 16.4. The number of nitrogens with one attached hydrogen (secondary N) is 1. The average Bonchev–Trinajstić information content (AvgIpc) is 2.77. The highest BCUT2D eigenvalue weighted by molar-refractivity contribution is 6.30. The molecule has 3 nitrogen and oxygen atoms in total. The molecule has 0 saturated carbocycles.